The van der Waals surface area contributed by atoms with E-state index in [1.807, 2.05) is 0 Å². The molecule has 2 aromatic rings. The molecule has 2 heterocycles. The number of imidazole rings is 1. The van der Waals surface area contributed by atoms with Crippen LogP contribution in [0, 0.1) is 0 Å². The van der Waals surface area contributed by atoms with Crippen molar-refractivity contribution in [2.75, 3.05) is 19.8 Å². The standard InChI is InChI=1S/C25H33ClN4O5/c26-21-6-5-19(15-20(21)23(32)27-17-25(34)9-3-1-2-4-10-25)30-12-11-29(24(30)33)16-22(31)28-18-7-13-35-14-8-18/h5-6,11-12,15,18,34H,1-4,7-10,13-14,16-17H2,(H,27,32)(H,28,31). The Kier molecular flexibility index (Phi) is 8.30. The van der Waals surface area contributed by atoms with Crippen LogP contribution in [0.3, 0.4) is 0 Å². The van der Waals surface area contributed by atoms with Crippen LogP contribution in [0.2, 0.25) is 5.02 Å². The molecule has 1 aromatic heterocycles. The second kappa shape index (κ2) is 11.4. The van der Waals surface area contributed by atoms with Crippen LogP contribution in [-0.2, 0) is 16.1 Å². The largest absolute Gasteiger partial charge is 0.388 e. The number of nitrogens with one attached hydrogen (secondary N) is 2. The Morgan fingerprint density at radius 2 is 1.83 bits per heavy atom. The zero-order valence-corrected chi connectivity index (χ0v) is 20.6. The van der Waals surface area contributed by atoms with Gasteiger partial charge in [0.25, 0.3) is 5.91 Å². The number of hydrogen-bond acceptors (Lipinski definition) is 5. The van der Waals surface area contributed by atoms with Crippen molar-refractivity contribution in [2.24, 2.45) is 0 Å². The number of hydrogen-bond donors (Lipinski definition) is 3. The molecule has 3 N–H and O–H groups in total. The number of ether oxygens (including phenoxy) is 1. The summed E-state index contributed by atoms with van der Waals surface area (Å²) in [6.45, 7) is 1.30. The number of aliphatic hydroxyl groups is 1. The Labute approximate surface area is 209 Å². The van der Waals surface area contributed by atoms with E-state index in [9.17, 15) is 19.5 Å². The number of carbonyl (C=O) groups is 2. The fourth-order valence-electron chi connectivity index (χ4n) is 4.74. The molecule has 1 aliphatic heterocycles. The van der Waals surface area contributed by atoms with Gasteiger partial charge >= 0.3 is 5.69 Å². The average Bonchev–Trinajstić information content (AvgIpc) is 3.06. The Balaban J connectivity index is 1.43. The third-order valence-electron chi connectivity index (χ3n) is 6.83. The fourth-order valence-corrected chi connectivity index (χ4v) is 4.94. The Morgan fingerprint density at radius 1 is 1.11 bits per heavy atom. The summed E-state index contributed by atoms with van der Waals surface area (Å²) >= 11 is 6.29. The van der Waals surface area contributed by atoms with Crippen LogP contribution >= 0.6 is 11.6 Å². The smallest absolute Gasteiger partial charge is 0.333 e. The van der Waals surface area contributed by atoms with Crippen molar-refractivity contribution in [3.63, 3.8) is 0 Å². The highest BCUT2D eigenvalue weighted by molar-refractivity contribution is 6.33. The first-order valence-electron chi connectivity index (χ1n) is 12.3. The molecule has 2 aliphatic rings. The molecular weight excluding hydrogens is 472 g/mol. The first-order valence-corrected chi connectivity index (χ1v) is 12.7. The highest BCUT2D eigenvalue weighted by atomic mass is 35.5. The third-order valence-corrected chi connectivity index (χ3v) is 7.16. The second-order valence-electron chi connectivity index (χ2n) is 9.52. The SMILES string of the molecule is O=C(Cn1ccn(-c2ccc(Cl)c(C(=O)NCC3(O)CCCCCC3)c2)c1=O)NC1CCOCC1. The topological polar surface area (TPSA) is 115 Å². The minimum absolute atomic E-state index is 0.0578. The van der Waals surface area contributed by atoms with Gasteiger partial charge < -0.3 is 20.5 Å². The van der Waals surface area contributed by atoms with Crippen molar-refractivity contribution in [3.8, 4) is 5.69 Å². The molecule has 0 unspecified atom stereocenters. The summed E-state index contributed by atoms with van der Waals surface area (Å²) in [5.41, 5.74) is -0.622. The van der Waals surface area contributed by atoms with Crippen LogP contribution in [0.4, 0.5) is 0 Å². The van der Waals surface area contributed by atoms with E-state index in [1.165, 1.54) is 9.13 Å². The number of benzene rings is 1. The second-order valence-corrected chi connectivity index (χ2v) is 9.93. The predicted octanol–water partition coefficient (Wildman–Crippen LogP) is 2.40. The van der Waals surface area contributed by atoms with Gasteiger partial charge in [0.1, 0.15) is 6.54 Å². The van der Waals surface area contributed by atoms with Crippen LogP contribution in [0.1, 0.15) is 61.7 Å². The zero-order valence-electron chi connectivity index (χ0n) is 19.8. The highest BCUT2D eigenvalue weighted by Crippen LogP contribution is 2.27. The van der Waals surface area contributed by atoms with E-state index in [0.29, 0.717) is 31.7 Å². The number of nitrogens with zero attached hydrogens (tertiary/aromatic N) is 2. The van der Waals surface area contributed by atoms with Crippen LogP contribution in [-0.4, -0.2) is 57.5 Å². The lowest BCUT2D eigenvalue weighted by atomic mass is 9.94. The maximum absolute atomic E-state index is 12.9. The van der Waals surface area contributed by atoms with Crippen LogP contribution in [0.5, 0.6) is 0 Å². The Bertz CT molecular complexity index is 1100. The van der Waals surface area contributed by atoms with Crippen molar-refractivity contribution in [3.05, 3.63) is 51.7 Å². The van der Waals surface area contributed by atoms with Crippen molar-refractivity contribution in [1.29, 1.82) is 0 Å². The maximum atomic E-state index is 12.9. The van der Waals surface area contributed by atoms with Gasteiger partial charge in [-0.05, 0) is 43.9 Å². The van der Waals surface area contributed by atoms with Crippen LogP contribution in [0.25, 0.3) is 5.69 Å². The van der Waals surface area contributed by atoms with Gasteiger partial charge in [-0.25, -0.2) is 4.79 Å². The monoisotopic (exact) mass is 504 g/mol. The summed E-state index contributed by atoms with van der Waals surface area (Å²) in [6, 6.07) is 4.81. The average molecular weight is 505 g/mol. The molecule has 1 saturated carbocycles. The summed E-state index contributed by atoms with van der Waals surface area (Å²) < 4.78 is 7.99. The van der Waals surface area contributed by atoms with Crippen molar-refractivity contribution in [1.82, 2.24) is 19.8 Å². The minimum Gasteiger partial charge on any atom is -0.388 e. The van der Waals surface area contributed by atoms with Gasteiger partial charge in [0.2, 0.25) is 5.91 Å². The van der Waals surface area contributed by atoms with Crippen LogP contribution in [0.15, 0.2) is 35.4 Å². The number of aromatic nitrogens is 2. The Hall–Kier alpha value is -2.62. The van der Waals surface area contributed by atoms with Gasteiger partial charge in [0.05, 0.1) is 21.9 Å². The van der Waals surface area contributed by atoms with E-state index in [4.69, 9.17) is 16.3 Å². The zero-order chi connectivity index (χ0) is 24.8. The Morgan fingerprint density at radius 3 is 2.54 bits per heavy atom. The number of carbonyl (C=O) groups excluding carboxylic acids is 2. The molecule has 2 fully saturated rings. The molecule has 1 aromatic carbocycles. The van der Waals surface area contributed by atoms with Gasteiger partial charge in [0, 0.05) is 38.2 Å². The summed E-state index contributed by atoms with van der Waals surface area (Å²) in [7, 11) is 0. The molecule has 1 aliphatic carbocycles. The summed E-state index contributed by atoms with van der Waals surface area (Å²) in [5, 5.41) is 16.8. The quantitative estimate of drug-likeness (QED) is 0.501. The first kappa shape index (κ1) is 25.5. The molecule has 0 atom stereocenters. The van der Waals surface area contributed by atoms with Crippen molar-refractivity contribution >= 4 is 23.4 Å². The molecule has 0 bridgehead atoms. The van der Waals surface area contributed by atoms with Crippen molar-refractivity contribution < 1.29 is 19.4 Å². The van der Waals surface area contributed by atoms with Gasteiger partial charge in [-0.15, -0.1) is 0 Å². The first-order chi connectivity index (χ1) is 16.8. The predicted molar refractivity (Wildman–Crippen MR) is 132 cm³/mol. The van der Waals surface area contributed by atoms with Crippen molar-refractivity contribution in [2.45, 2.75) is 69.6 Å². The molecular formula is C25H33ClN4O5. The lowest BCUT2D eigenvalue weighted by molar-refractivity contribution is -0.123. The normalized spacial score (nSPS) is 18.6. The fraction of sp³-hybridized carbons (Fsp3) is 0.560. The summed E-state index contributed by atoms with van der Waals surface area (Å²) in [5.74, 6) is -0.637. The molecule has 0 spiro atoms. The molecule has 4 rings (SSSR count). The van der Waals surface area contributed by atoms with Gasteiger partial charge in [0.15, 0.2) is 0 Å². The van der Waals surface area contributed by atoms with Gasteiger partial charge in [-0.3, -0.25) is 18.7 Å². The third kappa shape index (κ3) is 6.54. The van der Waals surface area contributed by atoms with E-state index >= 15 is 0 Å². The molecule has 35 heavy (non-hydrogen) atoms. The van der Waals surface area contributed by atoms with Gasteiger partial charge in [-0.1, -0.05) is 37.3 Å². The number of rotatable bonds is 7. The highest BCUT2D eigenvalue weighted by Gasteiger charge is 2.29. The van der Waals surface area contributed by atoms with E-state index in [1.54, 1.807) is 30.6 Å². The minimum atomic E-state index is -0.907. The lowest BCUT2D eigenvalue weighted by Crippen LogP contribution is -2.42. The summed E-state index contributed by atoms with van der Waals surface area (Å²) in [4.78, 5) is 38.2. The lowest BCUT2D eigenvalue weighted by Gasteiger charge is -2.26. The number of halogens is 1. The van der Waals surface area contributed by atoms with E-state index in [-0.39, 0.29) is 35.6 Å². The molecule has 10 heteroatoms. The molecule has 190 valence electrons. The van der Waals surface area contributed by atoms with Gasteiger partial charge in [-0.2, -0.15) is 0 Å². The molecule has 2 amide bonds. The maximum Gasteiger partial charge on any atom is 0.333 e. The number of amides is 2. The van der Waals surface area contributed by atoms with E-state index in [0.717, 1.165) is 38.5 Å². The molecule has 1 saturated heterocycles. The van der Waals surface area contributed by atoms with E-state index in [2.05, 4.69) is 10.6 Å². The van der Waals surface area contributed by atoms with Crippen LogP contribution < -0.4 is 16.3 Å². The molecule has 0 radical (unpaired) electrons. The molecule has 9 nitrogen and oxygen atoms in total. The van der Waals surface area contributed by atoms with E-state index < -0.39 is 17.2 Å². The summed E-state index contributed by atoms with van der Waals surface area (Å²) in [6.07, 6.45) is 10.0.